The van der Waals surface area contributed by atoms with E-state index in [1.54, 1.807) is 0 Å². The molecule has 0 aromatic heterocycles. The lowest BCUT2D eigenvalue weighted by molar-refractivity contribution is -0.176. The van der Waals surface area contributed by atoms with Gasteiger partial charge >= 0.3 is 11.9 Å². The van der Waals surface area contributed by atoms with Gasteiger partial charge in [0.25, 0.3) is 0 Å². The summed E-state index contributed by atoms with van der Waals surface area (Å²) in [7, 11) is 0. The topological polar surface area (TPSA) is 61.8 Å². The standard InChI is InChI=1S/C32H30O5/c1-5-35-24-16-8-12-20-10-6-14-22(26(20)24)23-15-7-11-21-13-9-17-25(27(21)23)36-29(34)32-19-18-31(4,28(33)37-32)30(32,2)3/h6-17H,5,18-19H2,1-4H3. The molecule has 4 aromatic carbocycles. The van der Waals surface area contributed by atoms with Crippen molar-refractivity contribution < 1.29 is 23.8 Å². The fourth-order valence-electron chi connectivity index (χ4n) is 6.31. The molecule has 0 spiro atoms. The quantitative estimate of drug-likeness (QED) is 0.219. The summed E-state index contributed by atoms with van der Waals surface area (Å²) in [5.41, 5.74) is -0.736. The van der Waals surface area contributed by atoms with Crippen LogP contribution in [0.1, 0.15) is 40.5 Å². The zero-order valence-corrected chi connectivity index (χ0v) is 21.6. The number of fused-ring (bicyclic) bond motifs is 4. The normalized spacial score (nSPS) is 23.8. The van der Waals surface area contributed by atoms with Gasteiger partial charge in [0.1, 0.15) is 11.5 Å². The molecule has 4 aromatic rings. The van der Waals surface area contributed by atoms with Gasteiger partial charge < -0.3 is 14.2 Å². The zero-order valence-electron chi connectivity index (χ0n) is 21.6. The van der Waals surface area contributed by atoms with Gasteiger partial charge in [0.15, 0.2) is 0 Å². The smallest absolute Gasteiger partial charge is 0.356 e. The van der Waals surface area contributed by atoms with Crippen LogP contribution in [0.25, 0.3) is 32.7 Å². The average molecular weight is 495 g/mol. The highest BCUT2D eigenvalue weighted by Gasteiger charge is 2.76. The van der Waals surface area contributed by atoms with Crippen LogP contribution in [0.5, 0.6) is 11.5 Å². The fourth-order valence-corrected chi connectivity index (χ4v) is 6.31. The van der Waals surface area contributed by atoms with Crippen molar-refractivity contribution >= 4 is 33.5 Å². The second-order valence-corrected chi connectivity index (χ2v) is 10.8. The molecule has 1 saturated heterocycles. The van der Waals surface area contributed by atoms with Crippen LogP contribution in [-0.2, 0) is 14.3 Å². The minimum Gasteiger partial charge on any atom is -0.493 e. The Hall–Kier alpha value is -3.86. The highest BCUT2D eigenvalue weighted by atomic mass is 16.6. The average Bonchev–Trinajstić information content (AvgIpc) is 3.19. The Morgan fingerprint density at radius 2 is 1.35 bits per heavy atom. The summed E-state index contributed by atoms with van der Waals surface area (Å²) >= 11 is 0. The van der Waals surface area contributed by atoms with Crippen molar-refractivity contribution in [3.8, 4) is 22.6 Å². The SMILES string of the molecule is CCOc1cccc2cccc(-c3cccc4cccc(OC(=O)C56CCC(C)(C(=O)O5)C6(C)C)c34)c12. The molecule has 37 heavy (non-hydrogen) atoms. The number of hydrogen-bond acceptors (Lipinski definition) is 5. The monoisotopic (exact) mass is 494 g/mol. The fraction of sp³-hybridized carbons (Fsp3) is 0.312. The second kappa shape index (κ2) is 8.07. The molecule has 5 heteroatoms. The lowest BCUT2D eigenvalue weighted by Crippen LogP contribution is -2.50. The molecule has 1 saturated carbocycles. The van der Waals surface area contributed by atoms with Gasteiger partial charge in [-0.15, -0.1) is 0 Å². The van der Waals surface area contributed by atoms with E-state index in [9.17, 15) is 9.59 Å². The Labute approximate surface area is 216 Å². The van der Waals surface area contributed by atoms with Crippen LogP contribution in [0.15, 0.2) is 72.8 Å². The Morgan fingerprint density at radius 3 is 1.86 bits per heavy atom. The predicted octanol–water partition coefficient (Wildman–Crippen LogP) is 7.09. The molecule has 1 heterocycles. The van der Waals surface area contributed by atoms with Gasteiger partial charge in [-0.1, -0.05) is 74.5 Å². The third-order valence-corrected chi connectivity index (χ3v) is 8.94. The molecule has 2 bridgehead atoms. The van der Waals surface area contributed by atoms with E-state index in [1.165, 1.54) is 0 Å². The van der Waals surface area contributed by atoms with Crippen molar-refractivity contribution in [2.75, 3.05) is 6.61 Å². The maximum Gasteiger partial charge on any atom is 0.356 e. The van der Waals surface area contributed by atoms with Crippen molar-refractivity contribution in [1.29, 1.82) is 0 Å². The molecule has 2 fully saturated rings. The van der Waals surface area contributed by atoms with E-state index in [2.05, 4.69) is 18.2 Å². The van der Waals surface area contributed by atoms with E-state index < -0.39 is 22.4 Å². The number of benzene rings is 4. The van der Waals surface area contributed by atoms with Gasteiger partial charge in [-0.3, -0.25) is 4.79 Å². The second-order valence-electron chi connectivity index (χ2n) is 10.8. The summed E-state index contributed by atoms with van der Waals surface area (Å²) in [5, 5.41) is 3.86. The van der Waals surface area contributed by atoms with Crippen molar-refractivity contribution in [2.24, 2.45) is 10.8 Å². The Morgan fingerprint density at radius 1 is 0.811 bits per heavy atom. The largest absolute Gasteiger partial charge is 0.493 e. The first kappa shape index (κ1) is 23.5. The van der Waals surface area contributed by atoms with Gasteiger partial charge in [-0.25, -0.2) is 4.79 Å². The van der Waals surface area contributed by atoms with Gasteiger partial charge in [0.05, 0.1) is 12.0 Å². The highest BCUT2D eigenvalue weighted by molar-refractivity contribution is 6.10. The first-order chi connectivity index (χ1) is 17.7. The Bertz CT molecular complexity index is 1570. The number of hydrogen-bond donors (Lipinski definition) is 0. The predicted molar refractivity (Wildman–Crippen MR) is 144 cm³/mol. The number of carbonyl (C=O) groups excluding carboxylic acids is 2. The minimum atomic E-state index is -1.29. The summed E-state index contributed by atoms with van der Waals surface area (Å²) in [6.07, 6.45) is 1.06. The first-order valence-electron chi connectivity index (χ1n) is 12.9. The molecule has 6 rings (SSSR count). The maximum atomic E-state index is 13.8. The molecule has 0 radical (unpaired) electrons. The molecule has 2 atom stereocenters. The lowest BCUT2D eigenvalue weighted by atomic mass is 9.66. The van der Waals surface area contributed by atoms with Crippen molar-refractivity contribution in [1.82, 2.24) is 0 Å². The van der Waals surface area contributed by atoms with Crippen LogP contribution in [-0.4, -0.2) is 24.1 Å². The number of carbonyl (C=O) groups is 2. The molecule has 2 aliphatic rings. The van der Waals surface area contributed by atoms with Gasteiger partial charge in [-0.05, 0) is 60.7 Å². The van der Waals surface area contributed by atoms with E-state index in [4.69, 9.17) is 14.2 Å². The third kappa shape index (κ3) is 3.09. The summed E-state index contributed by atoms with van der Waals surface area (Å²) in [6.45, 7) is 8.30. The molecule has 0 N–H and O–H groups in total. The van der Waals surface area contributed by atoms with Crippen LogP contribution in [0.2, 0.25) is 0 Å². The number of esters is 2. The van der Waals surface area contributed by atoms with E-state index in [1.807, 2.05) is 82.3 Å². The molecule has 5 nitrogen and oxygen atoms in total. The first-order valence-corrected chi connectivity index (χ1v) is 12.9. The van der Waals surface area contributed by atoms with Crippen LogP contribution in [0, 0.1) is 10.8 Å². The molecular weight excluding hydrogens is 464 g/mol. The number of ether oxygens (including phenoxy) is 3. The summed E-state index contributed by atoms with van der Waals surface area (Å²) < 4.78 is 18.0. The summed E-state index contributed by atoms with van der Waals surface area (Å²) in [4.78, 5) is 26.6. The van der Waals surface area contributed by atoms with Crippen molar-refractivity contribution in [2.45, 2.75) is 46.1 Å². The number of rotatable bonds is 5. The van der Waals surface area contributed by atoms with Crippen LogP contribution in [0.3, 0.4) is 0 Å². The van der Waals surface area contributed by atoms with E-state index in [0.29, 0.717) is 25.2 Å². The van der Waals surface area contributed by atoms with Gasteiger partial charge in [0.2, 0.25) is 5.60 Å². The van der Waals surface area contributed by atoms with Crippen LogP contribution in [0.4, 0.5) is 0 Å². The highest BCUT2D eigenvalue weighted by Crippen LogP contribution is 2.65. The molecule has 1 aliphatic heterocycles. The molecule has 2 unspecified atom stereocenters. The van der Waals surface area contributed by atoms with Gasteiger partial charge in [-0.2, -0.15) is 0 Å². The molecule has 188 valence electrons. The van der Waals surface area contributed by atoms with Crippen molar-refractivity contribution in [3.63, 3.8) is 0 Å². The van der Waals surface area contributed by atoms with E-state index >= 15 is 0 Å². The Balaban J connectivity index is 1.51. The minimum absolute atomic E-state index is 0.321. The third-order valence-electron chi connectivity index (χ3n) is 8.94. The maximum absolute atomic E-state index is 13.8. The molecular formula is C32H30O5. The zero-order chi connectivity index (χ0) is 26.0. The summed E-state index contributed by atoms with van der Waals surface area (Å²) in [5.74, 6) is 0.428. The summed E-state index contributed by atoms with van der Waals surface area (Å²) in [6, 6.07) is 24.0. The molecule has 1 aliphatic carbocycles. The van der Waals surface area contributed by atoms with Crippen molar-refractivity contribution in [3.05, 3.63) is 72.8 Å². The van der Waals surface area contributed by atoms with Crippen LogP contribution < -0.4 is 9.47 Å². The van der Waals surface area contributed by atoms with Crippen LogP contribution >= 0.6 is 0 Å². The Kier molecular flexibility index (Phi) is 5.13. The lowest BCUT2D eigenvalue weighted by Gasteiger charge is -2.34. The van der Waals surface area contributed by atoms with E-state index in [-0.39, 0.29) is 5.97 Å². The van der Waals surface area contributed by atoms with E-state index in [0.717, 1.165) is 38.4 Å². The molecule has 0 amide bonds. The van der Waals surface area contributed by atoms with Gasteiger partial charge in [0, 0.05) is 16.2 Å².